The Morgan fingerprint density at radius 3 is 2.24 bits per heavy atom. The van der Waals surface area contributed by atoms with Crippen molar-refractivity contribution < 1.29 is 13.2 Å². The molecule has 0 radical (unpaired) electrons. The van der Waals surface area contributed by atoms with Crippen LogP contribution in [0.1, 0.15) is 35.1 Å². The molecule has 0 spiro atoms. The zero-order chi connectivity index (χ0) is 18.0. The Kier molecular flexibility index (Phi) is 5.31. The Balaban J connectivity index is 1.70. The summed E-state index contributed by atoms with van der Waals surface area (Å²) in [5.74, 6) is 0. The van der Waals surface area contributed by atoms with Gasteiger partial charge in [0.2, 0.25) is 0 Å². The molecule has 8 heteroatoms. The molecule has 0 bridgehead atoms. The van der Waals surface area contributed by atoms with Crippen LogP contribution in [0.2, 0.25) is 0 Å². The van der Waals surface area contributed by atoms with Crippen LogP contribution in [0.25, 0.3) is 0 Å². The summed E-state index contributed by atoms with van der Waals surface area (Å²) in [6.07, 6.45) is 6.10. The molecule has 0 fully saturated rings. The molecule has 0 unspecified atom stereocenters. The Morgan fingerprint density at radius 2 is 1.68 bits per heavy atom. The lowest BCUT2D eigenvalue weighted by atomic mass is 9.99. The average molecular weight is 366 g/mol. The van der Waals surface area contributed by atoms with Crippen molar-refractivity contribution in [3.8, 4) is 0 Å². The van der Waals surface area contributed by atoms with Gasteiger partial charge in [0, 0.05) is 18.8 Å². The van der Waals surface area contributed by atoms with Crippen LogP contribution < -0.4 is 14.8 Å². The number of benzene rings is 1. The number of nitrogens with zero attached hydrogens (tertiary/aromatic N) is 1. The second-order valence-corrected chi connectivity index (χ2v) is 8.49. The van der Waals surface area contributed by atoms with Gasteiger partial charge < -0.3 is 10.2 Å². The summed E-state index contributed by atoms with van der Waals surface area (Å²) >= 11 is 0. The number of carbonyl (C=O) groups is 1. The Morgan fingerprint density at radius 1 is 1.08 bits per heavy atom. The summed E-state index contributed by atoms with van der Waals surface area (Å²) in [7, 11) is -0.159. The number of amides is 2. The van der Waals surface area contributed by atoms with Crippen LogP contribution in [0.3, 0.4) is 0 Å². The maximum absolute atomic E-state index is 12.3. The van der Waals surface area contributed by atoms with E-state index in [0.29, 0.717) is 6.54 Å². The predicted molar refractivity (Wildman–Crippen MR) is 98.1 cm³/mol. The highest BCUT2D eigenvalue weighted by molar-refractivity contribution is 7.88. The van der Waals surface area contributed by atoms with Gasteiger partial charge >= 0.3 is 16.2 Å². The predicted octanol–water partition coefficient (Wildman–Crippen LogP) is 1.18. The standard InChI is InChI=1S/C17H26N4O3S/c1-21(2)10-9-18-25(23,24)20-17(22)19-16-14-7-3-5-12(14)11-13-6-4-8-15(13)16/h11,18H,3-10H2,1-2H3,(H2,19,20,22). The number of hydrogen-bond donors (Lipinski definition) is 3. The second-order valence-electron chi connectivity index (χ2n) is 6.99. The first-order valence-corrected chi connectivity index (χ1v) is 10.2. The van der Waals surface area contributed by atoms with Gasteiger partial charge in [-0.25, -0.2) is 9.52 Å². The number of urea groups is 1. The summed E-state index contributed by atoms with van der Waals surface area (Å²) in [4.78, 5) is 14.1. The molecule has 3 N–H and O–H groups in total. The third-order valence-corrected chi connectivity index (χ3v) is 5.83. The van der Waals surface area contributed by atoms with E-state index in [2.05, 4.69) is 20.8 Å². The van der Waals surface area contributed by atoms with E-state index < -0.39 is 16.2 Å². The van der Waals surface area contributed by atoms with Gasteiger partial charge in [-0.1, -0.05) is 6.07 Å². The number of likely N-dealkylation sites (N-methyl/N-ethyl adjacent to an activating group) is 1. The quantitative estimate of drug-likeness (QED) is 0.705. The van der Waals surface area contributed by atoms with E-state index in [9.17, 15) is 13.2 Å². The SMILES string of the molecule is CN(C)CCNS(=O)(=O)NC(=O)Nc1c2c(cc3c1CCC3)CCC2. The first-order valence-electron chi connectivity index (χ1n) is 8.75. The average Bonchev–Trinajstić information content (AvgIpc) is 3.14. The van der Waals surface area contributed by atoms with Gasteiger partial charge in [0.1, 0.15) is 0 Å². The smallest absolute Gasteiger partial charge is 0.308 e. The van der Waals surface area contributed by atoms with E-state index in [0.717, 1.165) is 44.2 Å². The van der Waals surface area contributed by atoms with Crippen molar-refractivity contribution in [2.24, 2.45) is 0 Å². The van der Waals surface area contributed by atoms with Gasteiger partial charge in [0.25, 0.3) is 0 Å². The summed E-state index contributed by atoms with van der Waals surface area (Å²) in [6, 6.07) is 1.57. The zero-order valence-corrected chi connectivity index (χ0v) is 15.6. The monoisotopic (exact) mass is 366 g/mol. The third kappa shape index (κ3) is 4.31. The van der Waals surface area contributed by atoms with Crippen LogP contribution in [0.4, 0.5) is 10.5 Å². The number of fused-ring (bicyclic) bond motifs is 2. The number of nitrogens with one attached hydrogen (secondary N) is 3. The highest BCUT2D eigenvalue weighted by atomic mass is 32.2. The molecule has 0 atom stereocenters. The van der Waals surface area contributed by atoms with Gasteiger partial charge in [-0.2, -0.15) is 13.1 Å². The van der Waals surface area contributed by atoms with E-state index in [1.807, 2.05) is 19.0 Å². The van der Waals surface area contributed by atoms with E-state index in [1.54, 1.807) is 0 Å². The maximum Gasteiger partial charge on any atom is 0.333 e. The van der Waals surface area contributed by atoms with Crippen LogP contribution in [-0.4, -0.2) is 46.5 Å². The van der Waals surface area contributed by atoms with Gasteiger partial charge in [-0.15, -0.1) is 0 Å². The summed E-state index contributed by atoms with van der Waals surface area (Å²) in [5, 5.41) is 2.82. The van der Waals surface area contributed by atoms with Crippen LogP contribution in [0.15, 0.2) is 6.07 Å². The topological polar surface area (TPSA) is 90.5 Å². The molecular formula is C17H26N4O3S. The Hall–Kier alpha value is -1.64. The highest BCUT2D eigenvalue weighted by Gasteiger charge is 2.25. The van der Waals surface area contributed by atoms with E-state index in [4.69, 9.17) is 0 Å². The fourth-order valence-corrected chi connectivity index (χ4v) is 4.40. The normalized spacial score (nSPS) is 16.0. The van der Waals surface area contributed by atoms with Crippen LogP contribution >= 0.6 is 0 Å². The molecule has 0 saturated carbocycles. The minimum Gasteiger partial charge on any atom is -0.308 e. The lowest BCUT2D eigenvalue weighted by Gasteiger charge is -2.17. The molecule has 138 valence electrons. The van der Waals surface area contributed by atoms with Crippen molar-refractivity contribution in [2.45, 2.75) is 38.5 Å². The highest BCUT2D eigenvalue weighted by Crippen LogP contribution is 2.38. The molecule has 2 amide bonds. The fraction of sp³-hybridized carbons (Fsp3) is 0.588. The molecule has 1 aromatic carbocycles. The van der Waals surface area contributed by atoms with Crippen LogP contribution in [-0.2, 0) is 35.9 Å². The lowest BCUT2D eigenvalue weighted by Crippen LogP contribution is -2.44. The Labute approximate surface area is 149 Å². The largest absolute Gasteiger partial charge is 0.333 e. The van der Waals surface area contributed by atoms with Crippen molar-refractivity contribution in [2.75, 3.05) is 32.5 Å². The number of aryl methyl sites for hydroxylation is 2. The van der Waals surface area contributed by atoms with E-state index in [-0.39, 0.29) is 6.54 Å². The molecule has 0 saturated heterocycles. The number of hydrogen-bond acceptors (Lipinski definition) is 4. The van der Waals surface area contributed by atoms with Crippen LogP contribution in [0, 0.1) is 0 Å². The first-order chi connectivity index (χ1) is 11.9. The minimum atomic E-state index is -3.86. The van der Waals surface area contributed by atoms with Crippen molar-refractivity contribution in [3.05, 3.63) is 28.3 Å². The number of rotatable bonds is 6. The third-order valence-electron chi connectivity index (χ3n) is 4.79. The van der Waals surface area contributed by atoms with Crippen molar-refractivity contribution in [3.63, 3.8) is 0 Å². The molecule has 0 aliphatic heterocycles. The van der Waals surface area contributed by atoms with Crippen LogP contribution in [0.5, 0.6) is 0 Å². The summed E-state index contributed by atoms with van der Waals surface area (Å²) in [5.41, 5.74) is 5.77. The minimum absolute atomic E-state index is 0.242. The molecule has 25 heavy (non-hydrogen) atoms. The zero-order valence-electron chi connectivity index (χ0n) is 14.8. The molecule has 2 aliphatic carbocycles. The molecule has 2 aliphatic rings. The van der Waals surface area contributed by atoms with Crippen molar-refractivity contribution >= 4 is 21.9 Å². The molecule has 7 nitrogen and oxygen atoms in total. The van der Waals surface area contributed by atoms with E-state index >= 15 is 0 Å². The first kappa shape index (κ1) is 18.2. The molecule has 0 aromatic heterocycles. The number of carbonyl (C=O) groups excluding carboxylic acids is 1. The van der Waals surface area contributed by atoms with Crippen molar-refractivity contribution in [1.82, 2.24) is 14.3 Å². The Bertz CT molecular complexity index is 742. The molecular weight excluding hydrogens is 340 g/mol. The molecule has 1 aromatic rings. The van der Waals surface area contributed by atoms with Gasteiger partial charge in [0.05, 0.1) is 0 Å². The fourth-order valence-electron chi connectivity index (χ4n) is 3.67. The van der Waals surface area contributed by atoms with Gasteiger partial charge in [-0.05, 0) is 74.9 Å². The van der Waals surface area contributed by atoms with Gasteiger partial charge in [-0.3, -0.25) is 0 Å². The summed E-state index contributed by atoms with van der Waals surface area (Å²) in [6.45, 7) is 0.800. The molecule has 3 rings (SSSR count). The lowest BCUT2D eigenvalue weighted by molar-refractivity contribution is 0.256. The molecule has 0 heterocycles. The maximum atomic E-state index is 12.3. The van der Waals surface area contributed by atoms with Crippen molar-refractivity contribution in [1.29, 1.82) is 0 Å². The summed E-state index contributed by atoms with van der Waals surface area (Å²) < 4.78 is 28.4. The van der Waals surface area contributed by atoms with E-state index in [1.165, 1.54) is 22.3 Å². The number of anilines is 1. The second kappa shape index (κ2) is 7.31. The van der Waals surface area contributed by atoms with Gasteiger partial charge in [0.15, 0.2) is 0 Å².